The molecule has 1 amide bonds. The highest BCUT2D eigenvalue weighted by Gasteiger charge is 2.33. The maximum atomic E-state index is 12.1. The van der Waals surface area contributed by atoms with Crippen molar-refractivity contribution in [1.82, 2.24) is 5.32 Å². The van der Waals surface area contributed by atoms with Crippen molar-refractivity contribution in [2.45, 2.75) is 44.1 Å². The van der Waals surface area contributed by atoms with E-state index in [4.69, 9.17) is 4.74 Å². The number of hydrogen-bond donors (Lipinski definition) is 1. The summed E-state index contributed by atoms with van der Waals surface area (Å²) in [5.74, 6) is -0.870. The van der Waals surface area contributed by atoms with E-state index >= 15 is 0 Å². The molecule has 1 aliphatic carbocycles. The fraction of sp³-hybridized carbons (Fsp3) is 0.381. The van der Waals surface area contributed by atoms with E-state index in [-0.39, 0.29) is 13.0 Å². The Morgan fingerprint density at radius 3 is 2.54 bits per heavy atom. The van der Waals surface area contributed by atoms with Gasteiger partial charge in [0, 0.05) is 0 Å². The van der Waals surface area contributed by atoms with Gasteiger partial charge in [-0.15, -0.1) is 0 Å². The number of hydrogen-bond acceptors (Lipinski definition) is 4. The second-order valence-electron chi connectivity index (χ2n) is 6.82. The summed E-state index contributed by atoms with van der Waals surface area (Å²) in [6.45, 7) is -0.351. The molecule has 2 aromatic rings. The van der Waals surface area contributed by atoms with E-state index in [9.17, 15) is 14.9 Å². The Bertz CT molecular complexity index is 848. The summed E-state index contributed by atoms with van der Waals surface area (Å²) in [6.07, 6.45) is 4.35. The summed E-state index contributed by atoms with van der Waals surface area (Å²) in [5, 5.41) is 14.3. The highest BCUT2D eigenvalue weighted by atomic mass is 16.5. The molecule has 26 heavy (non-hydrogen) atoms. The molecule has 1 saturated carbocycles. The van der Waals surface area contributed by atoms with Gasteiger partial charge in [-0.25, -0.2) is 0 Å². The van der Waals surface area contributed by atoms with Gasteiger partial charge in [0.1, 0.15) is 5.54 Å². The molecule has 0 spiro atoms. The molecule has 134 valence electrons. The summed E-state index contributed by atoms with van der Waals surface area (Å²) >= 11 is 0. The third-order valence-corrected chi connectivity index (χ3v) is 4.83. The maximum Gasteiger partial charge on any atom is 0.310 e. The van der Waals surface area contributed by atoms with Crippen LogP contribution in [0.1, 0.15) is 37.7 Å². The van der Waals surface area contributed by atoms with Gasteiger partial charge in [-0.1, -0.05) is 61.7 Å². The van der Waals surface area contributed by atoms with Crippen molar-refractivity contribution >= 4 is 22.6 Å². The number of amides is 1. The first-order chi connectivity index (χ1) is 12.6. The SMILES string of the molecule is N#CC1(NC(=O)COC(=O)Cc2ccc3ccccc3c2)CCCCC1. The molecule has 5 heteroatoms. The fourth-order valence-electron chi connectivity index (χ4n) is 3.44. The van der Waals surface area contributed by atoms with E-state index < -0.39 is 17.4 Å². The highest BCUT2D eigenvalue weighted by molar-refractivity contribution is 5.85. The Hall–Kier alpha value is -2.87. The summed E-state index contributed by atoms with van der Waals surface area (Å²) in [6, 6.07) is 15.9. The van der Waals surface area contributed by atoms with Crippen molar-refractivity contribution in [2.24, 2.45) is 0 Å². The minimum absolute atomic E-state index is 0.113. The number of carbonyl (C=O) groups excluding carboxylic acids is 2. The van der Waals surface area contributed by atoms with Crippen LogP contribution in [-0.2, 0) is 20.7 Å². The lowest BCUT2D eigenvalue weighted by atomic mass is 9.83. The molecular formula is C21H22N2O3. The molecule has 0 aliphatic heterocycles. The van der Waals surface area contributed by atoms with Gasteiger partial charge in [-0.05, 0) is 29.2 Å². The molecular weight excluding hydrogens is 328 g/mol. The molecule has 0 unspecified atom stereocenters. The van der Waals surface area contributed by atoms with Crippen LogP contribution in [0.2, 0.25) is 0 Å². The lowest BCUT2D eigenvalue weighted by Crippen LogP contribution is -2.50. The number of esters is 1. The van der Waals surface area contributed by atoms with Crippen LogP contribution in [-0.4, -0.2) is 24.0 Å². The number of carbonyl (C=O) groups is 2. The minimum atomic E-state index is -0.805. The van der Waals surface area contributed by atoms with Crippen LogP contribution in [0.4, 0.5) is 0 Å². The van der Waals surface area contributed by atoms with Gasteiger partial charge in [-0.3, -0.25) is 9.59 Å². The zero-order valence-electron chi connectivity index (χ0n) is 14.7. The lowest BCUT2D eigenvalue weighted by Gasteiger charge is -2.31. The van der Waals surface area contributed by atoms with Crippen molar-refractivity contribution in [3.8, 4) is 6.07 Å². The largest absolute Gasteiger partial charge is 0.455 e. The number of fused-ring (bicyclic) bond motifs is 1. The van der Waals surface area contributed by atoms with Gasteiger partial charge < -0.3 is 10.1 Å². The highest BCUT2D eigenvalue weighted by Crippen LogP contribution is 2.27. The average Bonchev–Trinajstić information content (AvgIpc) is 2.67. The van der Waals surface area contributed by atoms with E-state index in [0.717, 1.165) is 35.6 Å². The minimum Gasteiger partial charge on any atom is -0.455 e. The van der Waals surface area contributed by atoms with E-state index in [1.807, 2.05) is 42.5 Å². The first-order valence-corrected chi connectivity index (χ1v) is 8.96. The third-order valence-electron chi connectivity index (χ3n) is 4.83. The van der Waals surface area contributed by atoms with Crippen LogP contribution < -0.4 is 5.32 Å². The van der Waals surface area contributed by atoms with Gasteiger partial charge in [0.05, 0.1) is 12.5 Å². The molecule has 0 aromatic heterocycles. The quantitative estimate of drug-likeness (QED) is 0.840. The molecule has 1 fully saturated rings. The van der Waals surface area contributed by atoms with Crippen LogP contribution in [0.5, 0.6) is 0 Å². The Balaban J connectivity index is 1.51. The van der Waals surface area contributed by atoms with E-state index in [0.29, 0.717) is 12.8 Å². The third kappa shape index (κ3) is 4.40. The monoisotopic (exact) mass is 350 g/mol. The second kappa shape index (κ2) is 8.01. The molecule has 1 N–H and O–H groups in total. The topological polar surface area (TPSA) is 79.2 Å². The van der Waals surface area contributed by atoms with Crippen molar-refractivity contribution < 1.29 is 14.3 Å². The molecule has 0 atom stereocenters. The van der Waals surface area contributed by atoms with Crippen molar-refractivity contribution in [3.05, 3.63) is 48.0 Å². The van der Waals surface area contributed by atoms with Crippen LogP contribution in [0.15, 0.2) is 42.5 Å². The molecule has 0 heterocycles. The summed E-state index contributed by atoms with van der Waals surface area (Å²) in [5.41, 5.74) is 0.0370. The Kier molecular flexibility index (Phi) is 5.52. The number of nitrogens with zero attached hydrogens (tertiary/aromatic N) is 1. The number of benzene rings is 2. The Morgan fingerprint density at radius 2 is 1.81 bits per heavy atom. The fourth-order valence-corrected chi connectivity index (χ4v) is 3.44. The number of rotatable bonds is 5. The zero-order valence-corrected chi connectivity index (χ0v) is 14.7. The normalized spacial score (nSPS) is 15.8. The predicted molar refractivity (Wildman–Crippen MR) is 98.2 cm³/mol. The maximum absolute atomic E-state index is 12.1. The Morgan fingerprint density at radius 1 is 1.08 bits per heavy atom. The Labute approximate surface area is 153 Å². The number of nitriles is 1. The average molecular weight is 350 g/mol. The molecule has 0 bridgehead atoms. The molecule has 0 saturated heterocycles. The summed E-state index contributed by atoms with van der Waals surface area (Å²) < 4.78 is 5.09. The van der Waals surface area contributed by atoms with E-state index in [1.165, 1.54) is 0 Å². The predicted octanol–water partition coefficient (Wildman–Crippen LogP) is 3.27. The lowest BCUT2D eigenvalue weighted by molar-refractivity contribution is -0.148. The van der Waals surface area contributed by atoms with Gasteiger partial charge in [0.15, 0.2) is 6.61 Å². The van der Waals surface area contributed by atoms with Crippen LogP contribution in [0.3, 0.4) is 0 Å². The zero-order chi connectivity index (χ0) is 18.4. The summed E-state index contributed by atoms with van der Waals surface area (Å²) in [7, 11) is 0. The number of nitrogens with one attached hydrogen (secondary N) is 1. The van der Waals surface area contributed by atoms with Gasteiger partial charge in [0.2, 0.25) is 0 Å². The van der Waals surface area contributed by atoms with Gasteiger partial charge >= 0.3 is 5.97 Å². The molecule has 5 nitrogen and oxygen atoms in total. The smallest absolute Gasteiger partial charge is 0.310 e. The van der Waals surface area contributed by atoms with Crippen LogP contribution in [0.25, 0.3) is 10.8 Å². The second-order valence-corrected chi connectivity index (χ2v) is 6.82. The molecule has 1 aliphatic rings. The number of ether oxygens (including phenoxy) is 1. The van der Waals surface area contributed by atoms with Crippen molar-refractivity contribution in [3.63, 3.8) is 0 Å². The first kappa shape index (κ1) is 17.9. The molecule has 2 aromatic carbocycles. The van der Waals surface area contributed by atoms with Crippen LogP contribution in [0, 0.1) is 11.3 Å². The summed E-state index contributed by atoms with van der Waals surface area (Å²) in [4.78, 5) is 24.1. The van der Waals surface area contributed by atoms with Gasteiger partial charge in [0.25, 0.3) is 5.91 Å². The van der Waals surface area contributed by atoms with Crippen molar-refractivity contribution in [1.29, 1.82) is 5.26 Å². The first-order valence-electron chi connectivity index (χ1n) is 8.96. The van der Waals surface area contributed by atoms with Crippen molar-refractivity contribution in [2.75, 3.05) is 6.61 Å². The molecule has 0 radical (unpaired) electrons. The van der Waals surface area contributed by atoms with Gasteiger partial charge in [-0.2, -0.15) is 5.26 Å². The van der Waals surface area contributed by atoms with E-state index in [1.54, 1.807) is 0 Å². The van der Waals surface area contributed by atoms with Crippen LogP contribution >= 0.6 is 0 Å². The molecule has 3 rings (SSSR count). The standard InChI is InChI=1S/C21H22N2O3/c22-15-21(10-4-1-5-11-21)23-19(24)14-26-20(25)13-16-8-9-17-6-2-3-7-18(17)12-16/h2-3,6-9,12H,1,4-5,10-11,13-14H2,(H,23,24). The van der Waals surface area contributed by atoms with E-state index in [2.05, 4.69) is 11.4 Å².